The first-order valence-electron chi connectivity index (χ1n) is 10.8. The third-order valence-electron chi connectivity index (χ3n) is 5.87. The van der Waals surface area contributed by atoms with Crippen LogP contribution in [0.1, 0.15) is 41.8 Å². The van der Waals surface area contributed by atoms with Crippen LogP contribution < -0.4 is 10.7 Å². The number of carbonyl (C=O) groups excluding carboxylic acids is 2. The number of carbonyl (C=O) groups is 2. The Morgan fingerprint density at radius 1 is 1.12 bits per heavy atom. The van der Waals surface area contributed by atoms with Gasteiger partial charge in [0.15, 0.2) is 11.2 Å². The number of para-hydroxylation sites is 1. The third-order valence-corrected chi connectivity index (χ3v) is 5.87. The summed E-state index contributed by atoms with van der Waals surface area (Å²) < 4.78 is 19.4. The van der Waals surface area contributed by atoms with Gasteiger partial charge in [0.25, 0.3) is 5.91 Å². The molecule has 166 valence electrons. The number of nitrogens with one attached hydrogen (secondary N) is 1. The minimum atomic E-state index is -0.338. The molecule has 1 fully saturated rings. The minimum absolute atomic E-state index is 0.0389. The molecule has 2 aromatic carbocycles. The van der Waals surface area contributed by atoms with Gasteiger partial charge in [0.05, 0.1) is 5.39 Å². The maximum absolute atomic E-state index is 13.7. The molecule has 1 aromatic heterocycles. The van der Waals surface area contributed by atoms with Crippen molar-refractivity contribution in [1.29, 1.82) is 0 Å². The molecular weight excluding hydrogens is 411 g/mol. The lowest BCUT2D eigenvalue weighted by Crippen LogP contribution is -2.40. The highest BCUT2D eigenvalue weighted by Gasteiger charge is 2.26. The number of hydrogen-bond acceptors (Lipinski definition) is 4. The van der Waals surface area contributed by atoms with Crippen molar-refractivity contribution in [3.8, 4) is 0 Å². The summed E-state index contributed by atoms with van der Waals surface area (Å²) in [6, 6.07) is 14.5. The van der Waals surface area contributed by atoms with Gasteiger partial charge in [-0.1, -0.05) is 30.3 Å². The topological polar surface area (TPSA) is 79.6 Å². The fourth-order valence-corrected chi connectivity index (χ4v) is 4.11. The Bertz CT molecular complexity index is 1190. The van der Waals surface area contributed by atoms with Gasteiger partial charge in [-0.25, -0.2) is 4.39 Å². The van der Waals surface area contributed by atoms with E-state index in [1.165, 1.54) is 12.1 Å². The molecule has 0 spiro atoms. The van der Waals surface area contributed by atoms with Gasteiger partial charge in [0.1, 0.15) is 11.4 Å². The van der Waals surface area contributed by atoms with Crippen LogP contribution in [0.4, 0.5) is 4.39 Å². The Morgan fingerprint density at radius 2 is 1.91 bits per heavy atom. The molecule has 1 unspecified atom stereocenters. The lowest BCUT2D eigenvalue weighted by molar-refractivity contribution is -0.121. The Labute approximate surface area is 185 Å². The van der Waals surface area contributed by atoms with E-state index in [4.69, 9.17) is 4.42 Å². The van der Waals surface area contributed by atoms with Crippen molar-refractivity contribution in [3.63, 3.8) is 0 Å². The molecule has 32 heavy (non-hydrogen) atoms. The van der Waals surface area contributed by atoms with Gasteiger partial charge in [-0.15, -0.1) is 0 Å². The normalized spacial score (nSPS) is 16.2. The summed E-state index contributed by atoms with van der Waals surface area (Å²) in [5.41, 5.74) is 0.603. The van der Waals surface area contributed by atoms with Crippen molar-refractivity contribution < 1.29 is 18.4 Å². The molecule has 4 rings (SSSR count). The molecule has 0 saturated carbocycles. The summed E-state index contributed by atoms with van der Waals surface area (Å²) in [5, 5.41) is 3.20. The average molecular weight is 436 g/mol. The van der Waals surface area contributed by atoms with E-state index in [0.717, 1.165) is 12.8 Å². The maximum atomic E-state index is 13.7. The van der Waals surface area contributed by atoms with E-state index < -0.39 is 0 Å². The van der Waals surface area contributed by atoms with Gasteiger partial charge in [-0.2, -0.15) is 0 Å². The Morgan fingerprint density at radius 3 is 2.75 bits per heavy atom. The van der Waals surface area contributed by atoms with Crippen molar-refractivity contribution in [2.24, 2.45) is 5.92 Å². The monoisotopic (exact) mass is 436 g/mol. The fraction of sp³-hybridized carbons (Fsp3) is 0.320. The zero-order valence-electron chi connectivity index (χ0n) is 17.7. The van der Waals surface area contributed by atoms with Crippen LogP contribution in [-0.2, 0) is 11.3 Å². The Kier molecular flexibility index (Phi) is 6.63. The van der Waals surface area contributed by atoms with E-state index in [0.29, 0.717) is 42.5 Å². The van der Waals surface area contributed by atoms with E-state index in [-0.39, 0.29) is 41.3 Å². The maximum Gasteiger partial charge on any atom is 0.289 e. The standard InChI is InChI=1S/C25H25FN2O4/c26-20-9-3-1-7-18(20)15-27-24(30)12-11-17-6-5-13-28(16-17)25(31)23-14-21(29)19-8-2-4-10-22(19)32-23/h1-4,7-10,14,17H,5-6,11-13,15-16H2,(H,27,30). The molecule has 1 atom stereocenters. The number of fused-ring (bicyclic) bond motifs is 1. The largest absolute Gasteiger partial charge is 0.451 e. The number of piperidine rings is 1. The first kappa shape index (κ1) is 21.7. The molecule has 1 N–H and O–H groups in total. The molecule has 2 heterocycles. The molecule has 1 aliphatic rings. The van der Waals surface area contributed by atoms with Gasteiger partial charge in [-0.05, 0) is 43.4 Å². The van der Waals surface area contributed by atoms with Crippen LogP contribution >= 0.6 is 0 Å². The van der Waals surface area contributed by atoms with Crippen LogP contribution in [0.3, 0.4) is 0 Å². The summed E-state index contributed by atoms with van der Waals surface area (Å²) in [6.07, 6.45) is 2.69. The first-order valence-corrected chi connectivity index (χ1v) is 10.8. The number of halogens is 1. The lowest BCUT2D eigenvalue weighted by atomic mass is 9.93. The van der Waals surface area contributed by atoms with Crippen molar-refractivity contribution in [2.75, 3.05) is 13.1 Å². The predicted octanol–water partition coefficient (Wildman–Crippen LogP) is 3.88. The molecule has 0 radical (unpaired) electrons. The zero-order chi connectivity index (χ0) is 22.5. The van der Waals surface area contributed by atoms with Crippen LogP contribution in [-0.4, -0.2) is 29.8 Å². The average Bonchev–Trinajstić information content (AvgIpc) is 2.82. The van der Waals surface area contributed by atoms with Crippen molar-refractivity contribution >= 4 is 22.8 Å². The third kappa shape index (κ3) is 5.04. The number of likely N-dealkylation sites (tertiary alicyclic amines) is 1. The summed E-state index contributed by atoms with van der Waals surface area (Å²) in [6.45, 7) is 1.25. The summed E-state index contributed by atoms with van der Waals surface area (Å²) >= 11 is 0. The second-order valence-corrected chi connectivity index (χ2v) is 8.14. The van der Waals surface area contributed by atoms with Crippen LogP contribution in [0.2, 0.25) is 0 Å². The Hall–Kier alpha value is -3.48. The smallest absolute Gasteiger partial charge is 0.289 e. The number of rotatable bonds is 6. The number of nitrogens with zero attached hydrogens (tertiary/aromatic N) is 1. The highest BCUT2D eigenvalue weighted by Crippen LogP contribution is 2.23. The number of hydrogen-bond donors (Lipinski definition) is 1. The molecule has 6 nitrogen and oxygen atoms in total. The lowest BCUT2D eigenvalue weighted by Gasteiger charge is -2.32. The van der Waals surface area contributed by atoms with Gasteiger partial charge in [0, 0.05) is 37.7 Å². The van der Waals surface area contributed by atoms with Gasteiger partial charge >= 0.3 is 0 Å². The molecule has 1 aliphatic heterocycles. The number of amides is 2. The summed E-state index contributed by atoms with van der Waals surface area (Å²) in [4.78, 5) is 39.2. The molecule has 1 saturated heterocycles. The van der Waals surface area contributed by atoms with Crippen LogP contribution in [0.5, 0.6) is 0 Å². The SMILES string of the molecule is O=C(CCC1CCCN(C(=O)c2cc(=O)c3ccccc3o2)C1)NCc1ccccc1F. The van der Waals surface area contributed by atoms with E-state index in [2.05, 4.69) is 5.32 Å². The van der Waals surface area contributed by atoms with Crippen LogP contribution in [0.25, 0.3) is 11.0 Å². The highest BCUT2D eigenvalue weighted by atomic mass is 19.1. The van der Waals surface area contributed by atoms with Crippen molar-refractivity contribution in [2.45, 2.75) is 32.2 Å². The van der Waals surface area contributed by atoms with Crippen LogP contribution in [0.15, 0.2) is 63.8 Å². The van der Waals surface area contributed by atoms with E-state index in [9.17, 15) is 18.8 Å². The minimum Gasteiger partial charge on any atom is -0.451 e. The Balaban J connectivity index is 1.32. The molecule has 0 aliphatic carbocycles. The second kappa shape index (κ2) is 9.77. The summed E-state index contributed by atoms with van der Waals surface area (Å²) in [5.74, 6) is -0.565. The second-order valence-electron chi connectivity index (χ2n) is 8.14. The zero-order valence-corrected chi connectivity index (χ0v) is 17.7. The quantitative estimate of drug-likeness (QED) is 0.636. The van der Waals surface area contributed by atoms with Crippen LogP contribution in [0, 0.1) is 11.7 Å². The van der Waals surface area contributed by atoms with Crippen molar-refractivity contribution in [1.82, 2.24) is 10.2 Å². The molecular formula is C25H25FN2O4. The van der Waals surface area contributed by atoms with Gasteiger partial charge in [0.2, 0.25) is 5.91 Å². The highest BCUT2D eigenvalue weighted by molar-refractivity contribution is 5.93. The van der Waals surface area contributed by atoms with E-state index in [1.807, 2.05) is 0 Å². The van der Waals surface area contributed by atoms with Gasteiger partial charge < -0.3 is 14.6 Å². The predicted molar refractivity (Wildman–Crippen MR) is 119 cm³/mol. The molecule has 3 aromatic rings. The number of benzene rings is 2. The van der Waals surface area contributed by atoms with E-state index >= 15 is 0 Å². The van der Waals surface area contributed by atoms with Crippen molar-refractivity contribution in [3.05, 3.63) is 82.0 Å². The fourth-order valence-electron chi connectivity index (χ4n) is 4.11. The van der Waals surface area contributed by atoms with E-state index in [1.54, 1.807) is 47.4 Å². The van der Waals surface area contributed by atoms with Gasteiger partial charge in [-0.3, -0.25) is 14.4 Å². The molecule has 7 heteroatoms. The summed E-state index contributed by atoms with van der Waals surface area (Å²) in [7, 11) is 0. The molecule has 0 bridgehead atoms. The first-order chi connectivity index (χ1) is 15.5. The molecule has 2 amide bonds.